The van der Waals surface area contributed by atoms with Gasteiger partial charge in [0.05, 0.1) is 5.92 Å². The smallest absolute Gasteiger partial charge is 0.433 e. The van der Waals surface area contributed by atoms with E-state index in [1.165, 1.54) is 18.2 Å². The molecule has 1 saturated carbocycles. The summed E-state index contributed by atoms with van der Waals surface area (Å²) < 4.78 is 62.1. The van der Waals surface area contributed by atoms with E-state index in [1.54, 1.807) is 18.3 Å². The number of nitrogens with zero attached hydrogens (tertiary/aromatic N) is 2. The summed E-state index contributed by atoms with van der Waals surface area (Å²) in [6.45, 7) is 3.67. The molecular weight excluding hydrogens is 488 g/mol. The average Bonchev–Trinajstić information content (AvgIpc) is 3.33. The highest BCUT2D eigenvalue weighted by molar-refractivity contribution is 5.77. The molecule has 0 spiro atoms. The number of fused-ring (bicyclic) bond motifs is 4. The lowest BCUT2D eigenvalue weighted by atomic mass is 9.84. The Hall–Kier alpha value is -3.49. The van der Waals surface area contributed by atoms with Crippen molar-refractivity contribution in [3.63, 3.8) is 0 Å². The highest BCUT2D eigenvalue weighted by Crippen LogP contribution is 2.61. The number of halogens is 4. The molecule has 9 heteroatoms. The molecule has 1 aromatic carbocycles. The summed E-state index contributed by atoms with van der Waals surface area (Å²) in [5, 5.41) is 9.28. The van der Waals surface area contributed by atoms with Gasteiger partial charge in [0, 0.05) is 35.9 Å². The second-order valence-electron chi connectivity index (χ2n) is 10.9. The number of ether oxygens (including phenoxy) is 1. The molecule has 0 saturated heterocycles. The summed E-state index contributed by atoms with van der Waals surface area (Å²) in [5.41, 5.74) is 2.11. The van der Waals surface area contributed by atoms with E-state index in [-0.39, 0.29) is 35.5 Å². The molecule has 0 bridgehead atoms. The number of aliphatic carboxylic acids is 1. The van der Waals surface area contributed by atoms with Crippen LogP contribution in [0.1, 0.15) is 71.2 Å². The van der Waals surface area contributed by atoms with Gasteiger partial charge >= 0.3 is 12.1 Å². The van der Waals surface area contributed by atoms with Gasteiger partial charge < -0.3 is 9.84 Å². The van der Waals surface area contributed by atoms with Crippen LogP contribution in [-0.4, -0.2) is 21.0 Å². The van der Waals surface area contributed by atoms with Crippen molar-refractivity contribution in [3.8, 4) is 5.88 Å². The van der Waals surface area contributed by atoms with Crippen molar-refractivity contribution in [1.82, 2.24) is 9.97 Å². The summed E-state index contributed by atoms with van der Waals surface area (Å²) in [5.74, 6) is -1.82. The molecule has 4 atom stereocenters. The van der Waals surface area contributed by atoms with Crippen LogP contribution in [0.25, 0.3) is 0 Å². The topological polar surface area (TPSA) is 72.3 Å². The molecule has 192 valence electrons. The van der Waals surface area contributed by atoms with Crippen LogP contribution in [0.4, 0.5) is 17.6 Å². The van der Waals surface area contributed by atoms with Crippen LogP contribution >= 0.6 is 0 Å². The predicted molar refractivity (Wildman–Crippen MR) is 125 cm³/mol. The van der Waals surface area contributed by atoms with Crippen molar-refractivity contribution in [2.45, 2.75) is 56.7 Å². The molecule has 3 aromatic rings. The number of pyridine rings is 2. The third-order valence-electron chi connectivity index (χ3n) is 8.16. The fourth-order valence-corrected chi connectivity index (χ4v) is 6.40. The molecule has 4 unspecified atom stereocenters. The molecule has 6 rings (SSSR count). The van der Waals surface area contributed by atoms with Crippen molar-refractivity contribution in [2.24, 2.45) is 11.8 Å². The van der Waals surface area contributed by atoms with Gasteiger partial charge in [-0.05, 0) is 70.2 Å². The molecule has 0 amide bonds. The highest BCUT2D eigenvalue weighted by Gasteiger charge is 2.60. The van der Waals surface area contributed by atoms with Crippen LogP contribution in [0.2, 0.25) is 0 Å². The van der Waals surface area contributed by atoms with Crippen molar-refractivity contribution < 1.29 is 32.2 Å². The van der Waals surface area contributed by atoms with E-state index in [2.05, 4.69) is 9.97 Å². The van der Waals surface area contributed by atoms with Crippen LogP contribution in [0.15, 0.2) is 42.7 Å². The fraction of sp³-hybridized carbons (Fsp3) is 0.393. The fourth-order valence-electron chi connectivity index (χ4n) is 6.40. The number of carboxylic acids is 1. The molecule has 3 aliphatic rings. The monoisotopic (exact) mass is 512 g/mol. The first-order valence-electron chi connectivity index (χ1n) is 12.1. The number of alkyl halides is 3. The zero-order valence-corrected chi connectivity index (χ0v) is 20.1. The quantitative estimate of drug-likeness (QED) is 0.425. The summed E-state index contributed by atoms with van der Waals surface area (Å²) in [6, 6.07) is 7.72. The number of carboxylic acid groups (broad SMARTS) is 1. The van der Waals surface area contributed by atoms with E-state index in [0.717, 1.165) is 17.3 Å². The Balaban J connectivity index is 1.28. The molecule has 5 nitrogen and oxygen atoms in total. The van der Waals surface area contributed by atoms with Crippen molar-refractivity contribution in [1.29, 1.82) is 0 Å². The predicted octanol–water partition coefficient (Wildman–Crippen LogP) is 6.00. The van der Waals surface area contributed by atoms with Crippen molar-refractivity contribution in [3.05, 3.63) is 87.6 Å². The maximum Gasteiger partial charge on any atom is 0.433 e. The third kappa shape index (κ3) is 3.86. The number of hydrogen-bond donors (Lipinski definition) is 1. The summed E-state index contributed by atoms with van der Waals surface area (Å²) in [4.78, 5) is 19.2. The van der Waals surface area contributed by atoms with Gasteiger partial charge in [0.2, 0.25) is 5.88 Å². The van der Waals surface area contributed by atoms with Gasteiger partial charge in [0.25, 0.3) is 0 Å². The Morgan fingerprint density at radius 1 is 1.16 bits per heavy atom. The van der Waals surface area contributed by atoms with E-state index in [0.29, 0.717) is 29.8 Å². The Labute approximate surface area is 210 Å². The lowest BCUT2D eigenvalue weighted by Crippen LogP contribution is -2.16. The first-order chi connectivity index (χ1) is 17.5. The lowest BCUT2D eigenvalue weighted by Gasteiger charge is -2.20. The van der Waals surface area contributed by atoms with Gasteiger partial charge in [-0.25, -0.2) is 9.37 Å². The molecule has 1 fully saturated rings. The summed E-state index contributed by atoms with van der Waals surface area (Å²) >= 11 is 0. The molecule has 0 radical (unpaired) electrons. The number of hydrogen-bond acceptors (Lipinski definition) is 4. The molecule has 1 N–H and O–H groups in total. The van der Waals surface area contributed by atoms with Crippen LogP contribution < -0.4 is 4.74 Å². The minimum absolute atomic E-state index is 0.00226. The zero-order valence-electron chi connectivity index (χ0n) is 20.1. The van der Waals surface area contributed by atoms with E-state index in [1.807, 2.05) is 13.8 Å². The second-order valence-corrected chi connectivity index (χ2v) is 10.9. The van der Waals surface area contributed by atoms with Gasteiger partial charge in [-0.15, -0.1) is 0 Å². The maximum atomic E-state index is 15.1. The number of rotatable bonds is 5. The SMILES string of the molecule is CC1(C)CC(c2cccnc2C(F)(F)F)c2cc(COc3cc4c(cn3)C3C(C4)C3C(=O)O)c(F)cc21. The average molecular weight is 513 g/mol. The molecule has 3 aliphatic carbocycles. The zero-order chi connectivity index (χ0) is 26.3. The summed E-state index contributed by atoms with van der Waals surface area (Å²) in [7, 11) is 0. The summed E-state index contributed by atoms with van der Waals surface area (Å²) in [6.07, 6.45) is -0.789. The van der Waals surface area contributed by atoms with E-state index in [9.17, 15) is 23.1 Å². The molecule has 2 aromatic heterocycles. The number of benzene rings is 1. The Bertz CT molecular complexity index is 1440. The van der Waals surface area contributed by atoms with Crippen molar-refractivity contribution >= 4 is 5.97 Å². The maximum absolute atomic E-state index is 15.1. The minimum Gasteiger partial charge on any atom is -0.481 e. The molecule has 2 heterocycles. The van der Waals surface area contributed by atoms with Gasteiger partial charge in [-0.1, -0.05) is 19.9 Å². The lowest BCUT2D eigenvalue weighted by molar-refractivity contribution is -0.142. The number of carbonyl (C=O) groups is 1. The minimum atomic E-state index is -4.60. The van der Waals surface area contributed by atoms with Crippen molar-refractivity contribution in [2.75, 3.05) is 0 Å². The van der Waals surface area contributed by atoms with Crippen LogP contribution in [0.5, 0.6) is 5.88 Å². The van der Waals surface area contributed by atoms with E-state index >= 15 is 4.39 Å². The van der Waals surface area contributed by atoms with Crippen LogP contribution in [0.3, 0.4) is 0 Å². The van der Waals surface area contributed by atoms with Gasteiger partial charge in [0.1, 0.15) is 18.1 Å². The Morgan fingerprint density at radius 3 is 2.68 bits per heavy atom. The van der Waals surface area contributed by atoms with E-state index < -0.39 is 35.0 Å². The molecule has 37 heavy (non-hydrogen) atoms. The first kappa shape index (κ1) is 23.9. The van der Waals surface area contributed by atoms with Crippen LogP contribution in [-0.2, 0) is 29.4 Å². The molecule has 0 aliphatic heterocycles. The van der Waals surface area contributed by atoms with Gasteiger partial charge in [-0.2, -0.15) is 13.2 Å². The standard InChI is InChI=1S/C28H24F4N2O3/c1-27(2)10-18(15-4-3-5-33-25(15)28(30,31)32)16-7-14(21(29)9-20(16)27)12-37-22-8-13-6-17-23(19(13)11-34-22)24(17)26(35)36/h3-5,7-9,11,17-18,23-24H,6,10,12H2,1-2H3,(H,35,36). The van der Waals surface area contributed by atoms with Gasteiger partial charge in [-0.3, -0.25) is 9.78 Å². The number of aromatic nitrogens is 2. The highest BCUT2D eigenvalue weighted by atomic mass is 19.4. The Kier molecular flexibility index (Phi) is 5.17. The van der Waals surface area contributed by atoms with E-state index in [4.69, 9.17) is 4.74 Å². The van der Waals surface area contributed by atoms with Gasteiger partial charge in [0.15, 0.2) is 0 Å². The van der Waals surface area contributed by atoms with Crippen LogP contribution in [0, 0.1) is 17.7 Å². The first-order valence-corrected chi connectivity index (χ1v) is 12.1. The molecular formula is C28H24F4N2O3. The third-order valence-corrected chi connectivity index (χ3v) is 8.16. The largest absolute Gasteiger partial charge is 0.481 e. The second kappa shape index (κ2) is 8.00. The Morgan fingerprint density at radius 2 is 1.95 bits per heavy atom. The normalized spacial score (nSPS) is 24.8.